The molecule has 3 aliphatic heterocycles. The van der Waals surface area contributed by atoms with Gasteiger partial charge in [0.15, 0.2) is 6.29 Å². The summed E-state index contributed by atoms with van der Waals surface area (Å²) in [4.78, 5) is 75.1. The van der Waals surface area contributed by atoms with Crippen molar-refractivity contribution in [1.29, 1.82) is 0 Å². The highest BCUT2D eigenvalue weighted by Gasteiger charge is 2.30. The molecule has 1 unspecified atom stereocenters. The molecule has 5 heterocycles. The van der Waals surface area contributed by atoms with Crippen LogP contribution in [-0.4, -0.2) is 125 Å². The van der Waals surface area contributed by atoms with Crippen molar-refractivity contribution >= 4 is 46.6 Å². The van der Waals surface area contributed by atoms with Crippen LogP contribution in [0.2, 0.25) is 0 Å². The van der Waals surface area contributed by atoms with Gasteiger partial charge in [-0.05, 0) is 55.5 Å². The Labute approximate surface area is 361 Å². The van der Waals surface area contributed by atoms with Gasteiger partial charge in [-0.15, -0.1) is 0 Å². The van der Waals surface area contributed by atoms with Crippen LogP contribution in [0.15, 0.2) is 67.1 Å². The molecule has 4 N–H and O–H groups in total. The van der Waals surface area contributed by atoms with Crippen LogP contribution in [0.5, 0.6) is 0 Å². The van der Waals surface area contributed by atoms with Gasteiger partial charge in [0.2, 0.25) is 17.7 Å². The first kappa shape index (κ1) is 43.2. The lowest BCUT2D eigenvalue weighted by atomic mass is 10.0. The average Bonchev–Trinajstić information content (AvgIpc) is 3.79. The van der Waals surface area contributed by atoms with Gasteiger partial charge in [0.05, 0.1) is 60.5 Å². The van der Waals surface area contributed by atoms with E-state index < -0.39 is 35.4 Å². The number of aldehydes is 1. The molecule has 3 fully saturated rings. The second-order valence-electron chi connectivity index (χ2n) is 15.9. The number of ether oxygens (including phenoxy) is 1. The average molecular weight is 863 g/mol. The molecule has 0 radical (unpaired) electrons. The van der Waals surface area contributed by atoms with Crippen molar-refractivity contribution in [3.8, 4) is 22.4 Å². The molecule has 1 atom stereocenters. The zero-order valence-electron chi connectivity index (χ0n) is 34.6. The summed E-state index contributed by atoms with van der Waals surface area (Å²) < 4.78 is 38.1. The number of amides is 4. The fourth-order valence-electron chi connectivity index (χ4n) is 8.24. The Morgan fingerprint density at radius 2 is 1.70 bits per heavy atom. The summed E-state index contributed by atoms with van der Waals surface area (Å²) >= 11 is 0. The molecular formula is C45H48F2N10O6. The van der Waals surface area contributed by atoms with E-state index in [1.807, 2.05) is 21.8 Å². The summed E-state index contributed by atoms with van der Waals surface area (Å²) in [5, 5.41) is 15.6. The number of fused-ring (bicyclic) bond motifs is 1. The quantitative estimate of drug-likeness (QED) is 0.0676. The van der Waals surface area contributed by atoms with Crippen molar-refractivity contribution in [3.63, 3.8) is 0 Å². The van der Waals surface area contributed by atoms with Crippen LogP contribution >= 0.6 is 0 Å². The molecule has 8 rings (SSSR count). The third kappa shape index (κ3) is 10.2. The number of likely N-dealkylation sites (tertiary alicyclic amines) is 1. The normalized spacial score (nSPS) is 17.7. The fourth-order valence-corrected chi connectivity index (χ4v) is 8.24. The maximum atomic E-state index is 15.4. The number of halogens is 2. The smallest absolute Gasteiger partial charge is 0.254 e. The first-order valence-electron chi connectivity index (χ1n) is 21.2. The lowest BCUT2D eigenvalue weighted by Crippen LogP contribution is -2.52. The van der Waals surface area contributed by atoms with Crippen molar-refractivity contribution < 1.29 is 37.5 Å². The highest BCUT2D eigenvalue weighted by molar-refractivity contribution is 6.09. The Bertz CT molecular complexity index is 2500. The number of imide groups is 1. The Kier molecular flexibility index (Phi) is 13.5. The van der Waals surface area contributed by atoms with Crippen molar-refractivity contribution in [2.75, 3.05) is 64.3 Å². The van der Waals surface area contributed by atoms with E-state index in [9.17, 15) is 24.0 Å². The molecule has 3 saturated heterocycles. The molecule has 63 heavy (non-hydrogen) atoms. The SMILES string of the molecule is O=Cc1cccc(NCCCNC(=O)CN2CCC(n3cc(-c4cnc5cccc(-c6cc(F)c(CN7CCOCC7)c(F)c6)c5n4)cn3)CC2)c1C(=O)NC1CCC(=O)NC1=O. The lowest BCUT2D eigenvalue weighted by Gasteiger charge is -2.31. The maximum Gasteiger partial charge on any atom is 0.254 e. The van der Waals surface area contributed by atoms with E-state index in [1.54, 1.807) is 36.7 Å². The van der Waals surface area contributed by atoms with Gasteiger partial charge < -0.3 is 20.7 Å². The largest absolute Gasteiger partial charge is 0.384 e. The number of aromatic nitrogens is 4. The van der Waals surface area contributed by atoms with E-state index in [-0.39, 0.29) is 54.6 Å². The summed E-state index contributed by atoms with van der Waals surface area (Å²) in [5.74, 6) is -2.91. The van der Waals surface area contributed by atoms with Gasteiger partial charge in [0, 0.05) is 86.4 Å². The summed E-state index contributed by atoms with van der Waals surface area (Å²) in [7, 11) is 0. The maximum absolute atomic E-state index is 15.4. The summed E-state index contributed by atoms with van der Waals surface area (Å²) in [6, 6.07) is 12.2. The Balaban J connectivity index is 0.810. The third-order valence-corrected chi connectivity index (χ3v) is 11.7. The highest BCUT2D eigenvalue weighted by Crippen LogP contribution is 2.32. The first-order valence-corrected chi connectivity index (χ1v) is 21.2. The predicted molar refractivity (Wildman–Crippen MR) is 229 cm³/mol. The summed E-state index contributed by atoms with van der Waals surface area (Å²) in [5.41, 5.74) is 4.12. The van der Waals surface area contributed by atoms with Gasteiger partial charge in [-0.2, -0.15) is 5.10 Å². The minimum Gasteiger partial charge on any atom is -0.384 e. The number of nitrogens with zero attached hydrogens (tertiary/aromatic N) is 6. The number of nitrogens with one attached hydrogen (secondary N) is 4. The van der Waals surface area contributed by atoms with Gasteiger partial charge in [-0.3, -0.25) is 48.8 Å². The van der Waals surface area contributed by atoms with Crippen LogP contribution < -0.4 is 21.3 Å². The zero-order chi connectivity index (χ0) is 43.9. The molecule has 328 valence electrons. The molecule has 0 aliphatic carbocycles. The van der Waals surface area contributed by atoms with E-state index in [0.29, 0.717) is 98.7 Å². The monoisotopic (exact) mass is 862 g/mol. The van der Waals surface area contributed by atoms with Crippen LogP contribution in [0.25, 0.3) is 33.4 Å². The highest BCUT2D eigenvalue weighted by atomic mass is 19.1. The predicted octanol–water partition coefficient (Wildman–Crippen LogP) is 3.87. The molecule has 0 bridgehead atoms. The zero-order valence-corrected chi connectivity index (χ0v) is 34.6. The molecule has 4 amide bonds. The van der Waals surface area contributed by atoms with Gasteiger partial charge in [-0.1, -0.05) is 24.3 Å². The minimum atomic E-state index is -0.888. The second-order valence-corrected chi connectivity index (χ2v) is 15.9. The lowest BCUT2D eigenvalue weighted by molar-refractivity contribution is -0.134. The number of morpholine rings is 1. The first-order chi connectivity index (χ1) is 30.6. The van der Waals surface area contributed by atoms with Crippen LogP contribution in [0.3, 0.4) is 0 Å². The van der Waals surface area contributed by atoms with Gasteiger partial charge in [0.1, 0.15) is 17.7 Å². The van der Waals surface area contributed by atoms with E-state index in [0.717, 1.165) is 18.4 Å². The Hall–Kier alpha value is -6.50. The number of carbonyl (C=O) groups excluding carboxylic acids is 5. The molecule has 18 heteroatoms. The number of para-hydroxylation sites is 1. The number of rotatable bonds is 15. The molecule has 0 spiro atoms. The van der Waals surface area contributed by atoms with Crippen LogP contribution in [0.1, 0.15) is 64.4 Å². The van der Waals surface area contributed by atoms with Crippen molar-refractivity contribution in [1.82, 2.24) is 45.5 Å². The van der Waals surface area contributed by atoms with Crippen LogP contribution in [0.4, 0.5) is 14.5 Å². The third-order valence-electron chi connectivity index (χ3n) is 11.7. The van der Waals surface area contributed by atoms with E-state index in [2.05, 4.69) is 36.2 Å². The standard InChI is InChI=1S/C45H48F2N10O6/c46-34-20-29(21-35(47)33(34)25-56-16-18-63-19-17-56)32-5-2-7-37-43(32)52-39(23-50-37)30-22-51-57(24-30)31-10-14-55(15-11-31)26-41(60)49-13-3-12-48-36-6-1-4-28(27-58)42(36)45(62)53-38-8-9-40(59)54-44(38)61/h1-2,4-7,20-24,27,31,38,48H,3,8-19,25-26H2,(H,49,60)(H,53,62)(H,54,59,61). The molecule has 3 aromatic carbocycles. The fraction of sp³-hybridized carbons (Fsp3) is 0.378. The molecule has 16 nitrogen and oxygen atoms in total. The number of hydrogen-bond donors (Lipinski definition) is 4. The second kappa shape index (κ2) is 19.7. The van der Waals surface area contributed by atoms with E-state index in [4.69, 9.17) is 9.72 Å². The number of piperidine rings is 2. The van der Waals surface area contributed by atoms with Crippen LogP contribution in [0, 0.1) is 11.6 Å². The van der Waals surface area contributed by atoms with Crippen molar-refractivity contribution in [2.45, 2.75) is 50.7 Å². The Morgan fingerprint density at radius 1 is 0.921 bits per heavy atom. The number of benzene rings is 3. The topological polar surface area (TPSA) is 193 Å². The van der Waals surface area contributed by atoms with Gasteiger partial charge in [-0.25, -0.2) is 13.8 Å². The molecule has 2 aromatic heterocycles. The Morgan fingerprint density at radius 3 is 2.46 bits per heavy atom. The van der Waals surface area contributed by atoms with Crippen molar-refractivity contribution in [2.24, 2.45) is 0 Å². The number of hydrogen-bond acceptors (Lipinski definition) is 12. The molecule has 5 aromatic rings. The van der Waals surface area contributed by atoms with Crippen molar-refractivity contribution in [3.05, 3.63) is 95.4 Å². The summed E-state index contributed by atoms with van der Waals surface area (Å²) in [6.45, 7) is 4.91. The van der Waals surface area contributed by atoms with Gasteiger partial charge in [0.25, 0.3) is 5.91 Å². The number of carbonyl (C=O) groups is 5. The van der Waals surface area contributed by atoms with E-state index >= 15 is 8.78 Å². The minimum absolute atomic E-state index is 0.0343. The molecular weight excluding hydrogens is 815 g/mol. The van der Waals surface area contributed by atoms with Crippen LogP contribution in [-0.2, 0) is 25.7 Å². The van der Waals surface area contributed by atoms with E-state index in [1.165, 1.54) is 18.2 Å². The van der Waals surface area contributed by atoms with Gasteiger partial charge >= 0.3 is 0 Å². The molecule has 3 aliphatic rings. The number of anilines is 1. The summed E-state index contributed by atoms with van der Waals surface area (Å²) in [6.07, 6.45) is 8.29. The molecule has 0 saturated carbocycles.